The van der Waals surface area contributed by atoms with E-state index in [-0.39, 0.29) is 25.2 Å². The Bertz CT molecular complexity index is 226. The number of rotatable bonds is 4. The Kier molecular flexibility index (Phi) is 7.11. The second-order valence-corrected chi connectivity index (χ2v) is 3.46. The maximum absolute atomic E-state index is 5.10. The molecule has 0 aromatic heterocycles. The van der Waals surface area contributed by atoms with Gasteiger partial charge in [0.1, 0.15) is 0 Å². The summed E-state index contributed by atoms with van der Waals surface area (Å²) in [6.07, 6.45) is 6.35. The first kappa shape index (κ1) is 15.3. The van der Waals surface area contributed by atoms with Crippen molar-refractivity contribution in [3.8, 4) is 0 Å². The topological polar surface area (TPSA) is 55.4 Å². The van der Waals surface area contributed by atoms with Crippen LogP contribution in [0.1, 0.15) is 0 Å². The molecule has 2 rings (SSSR count). The van der Waals surface area contributed by atoms with Gasteiger partial charge in [0, 0.05) is 28.4 Å². The van der Waals surface area contributed by atoms with Gasteiger partial charge in [-0.3, -0.25) is 0 Å². The highest BCUT2D eigenvalue weighted by atomic mass is 16.8. The molecule has 0 radical (unpaired) electrons. The van der Waals surface area contributed by atoms with Crippen molar-refractivity contribution in [2.45, 2.75) is 25.2 Å². The molecule has 0 amide bonds. The predicted octanol–water partition coefficient (Wildman–Crippen LogP) is 1.04. The van der Waals surface area contributed by atoms with E-state index in [0.717, 1.165) is 0 Å². The monoisotopic (exact) mass is 260 g/mol. The van der Waals surface area contributed by atoms with E-state index in [4.69, 9.17) is 28.4 Å². The molecule has 0 saturated carbocycles. The molecule has 6 nitrogen and oxygen atoms in total. The van der Waals surface area contributed by atoms with E-state index in [9.17, 15) is 0 Å². The van der Waals surface area contributed by atoms with Crippen LogP contribution in [0.25, 0.3) is 0 Å². The largest absolute Gasteiger partial charge is 0.352 e. The van der Waals surface area contributed by atoms with E-state index in [2.05, 4.69) is 0 Å². The lowest BCUT2D eigenvalue weighted by Crippen LogP contribution is -2.14. The molecule has 0 aliphatic carbocycles. The van der Waals surface area contributed by atoms with Crippen LogP contribution in [0.5, 0.6) is 0 Å². The average molecular weight is 260 g/mol. The lowest BCUT2D eigenvalue weighted by molar-refractivity contribution is -0.174. The van der Waals surface area contributed by atoms with Crippen LogP contribution in [0.4, 0.5) is 0 Å². The molecular formula is C12H20O6. The highest BCUT2D eigenvalue weighted by Crippen LogP contribution is 2.11. The van der Waals surface area contributed by atoms with Gasteiger partial charge in [-0.2, -0.15) is 0 Å². The normalized spacial score (nSPS) is 33.6. The molecule has 2 aliphatic rings. The molecule has 6 heteroatoms. The van der Waals surface area contributed by atoms with Crippen molar-refractivity contribution in [2.75, 3.05) is 28.4 Å². The Morgan fingerprint density at radius 2 is 0.778 bits per heavy atom. The molecule has 0 aromatic rings. The molecule has 18 heavy (non-hydrogen) atoms. The molecule has 4 unspecified atom stereocenters. The minimum atomic E-state index is -0.227. The summed E-state index contributed by atoms with van der Waals surface area (Å²) >= 11 is 0. The van der Waals surface area contributed by atoms with Crippen molar-refractivity contribution in [1.29, 1.82) is 0 Å². The Morgan fingerprint density at radius 1 is 0.556 bits per heavy atom. The van der Waals surface area contributed by atoms with Crippen molar-refractivity contribution in [3.63, 3.8) is 0 Å². The van der Waals surface area contributed by atoms with E-state index in [1.54, 1.807) is 28.4 Å². The summed E-state index contributed by atoms with van der Waals surface area (Å²) in [5, 5.41) is 0. The van der Waals surface area contributed by atoms with E-state index in [1.165, 1.54) is 0 Å². The summed E-state index contributed by atoms with van der Waals surface area (Å²) in [4.78, 5) is 0. The maximum Gasteiger partial charge on any atom is 0.180 e. The van der Waals surface area contributed by atoms with E-state index < -0.39 is 0 Å². The third kappa shape index (κ3) is 4.85. The third-order valence-electron chi connectivity index (χ3n) is 2.32. The van der Waals surface area contributed by atoms with Gasteiger partial charge in [0.25, 0.3) is 0 Å². The van der Waals surface area contributed by atoms with Gasteiger partial charge in [0.05, 0.1) is 0 Å². The van der Waals surface area contributed by atoms with Crippen LogP contribution in [-0.4, -0.2) is 53.6 Å². The first-order chi connectivity index (χ1) is 8.73. The molecule has 2 aliphatic heterocycles. The molecule has 0 spiro atoms. The Morgan fingerprint density at radius 3 is 0.889 bits per heavy atom. The summed E-state index contributed by atoms with van der Waals surface area (Å²) in [6.45, 7) is 0. The van der Waals surface area contributed by atoms with E-state index in [1.807, 2.05) is 24.3 Å². The maximum atomic E-state index is 5.10. The number of methoxy groups -OCH3 is 4. The van der Waals surface area contributed by atoms with Crippen molar-refractivity contribution in [1.82, 2.24) is 0 Å². The van der Waals surface area contributed by atoms with E-state index >= 15 is 0 Å². The summed E-state index contributed by atoms with van der Waals surface area (Å²) in [7, 11) is 6.36. The van der Waals surface area contributed by atoms with Gasteiger partial charge < -0.3 is 28.4 Å². The highest BCUT2D eigenvalue weighted by Gasteiger charge is 2.17. The molecule has 4 atom stereocenters. The van der Waals surface area contributed by atoms with Crippen molar-refractivity contribution < 1.29 is 28.4 Å². The van der Waals surface area contributed by atoms with Crippen LogP contribution < -0.4 is 0 Å². The zero-order valence-corrected chi connectivity index (χ0v) is 11.1. The first-order valence-corrected chi connectivity index (χ1v) is 5.52. The Balaban J connectivity index is 0.000000180. The van der Waals surface area contributed by atoms with Gasteiger partial charge in [0.15, 0.2) is 25.2 Å². The fraction of sp³-hybridized carbons (Fsp3) is 0.667. The van der Waals surface area contributed by atoms with Crippen LogP contribution in [0.3, 0.4) is 0 Å². The molecule has 104 valence electrons. The highest BCUT2D eigenvalue weighted by molar-refractivity contribution is 4.95. The minimum absolute atomic E-state index is 0.227. The summed E-state index contributed by atoms with van der Waals surface area (Å²) in [5.41, 5.74) is 0. The van der Waals surface area contributed by atoms with Gasteiger partial charge in [0.2, 0.25) is 0 Å². The molecule has 0 aromatic carbocycles. The van der Waals surface area contributed by atoms with Gasteiger partial charge >= 0.3 is 0 Å². The average Bonchev–Trinajstić information content (AvgIpc) is 3.07. The molecule has 0 saturated heterocycles. The standard InChI is InChI=1S/2C6H10O3/c2*1-7-5-3-4-6(8-2)9-5/h2*3-6H,1-2H3. The van der Waals surface area contributed by atoms with Crippen molar-refractivity contribution in [2.24, 2.45) is 0 Å². The Labute approximate surface area is 107 Å². The zero-order chi connectivity index (χ0) is 13.4. The predicted molar refractivity (Wildman–Crippen MR) is 63.6 cm³/mol. The summed E-state index contributed by atoms with van der Waals surface area (Å²) in [6, 6.07) is 0. The van der Waals surface area contributed by atoms with Crippen LogP contribution in [-0.2, 0) is 28.4 Å². The van der Waals surface area contributed by atoms with Crippen molar-refractivity contribution in [3.05, 3.63) is 24.3 Å². The molecule has 0 fully saturated rings. The quantitative estimate of drug-likeness (QED) is 0.704. The molecule has 0 N–H and O–H groups in total. The fourth-order valence-electron chi connectivity index (χ4n) is 1.35. The molecule has 0 bridgehead atoms. The Hall–Kier alpha value is -0.760. The summed E-state index contributed by atoms with van der Waals surface area (Å²) in [5.74, 6) is 0. The summed E-state index contributed by atoms with van der Waals surface area (Å²) < 4.78 is 29.6. The van der Waals surface area contributed by atoms with Gasteiger partial charge in [-0.05, 0) is 24.3 Å². The lowest BCUT2D eigenvalue weighted by Gasteiger charge is -2.09. The SMILES string of the molecule is COC1C=CC(OC)O1.COC1C=CC(OC)O1. The second kappa shape index (κ2) is 8.36. The number of hydrogen-bond donors (Lipinski definition) is 0. The number of hydrogen-bond acceptors (Lipinski definition) is 6. The van der Waals surface area contributed by atoms with E-state index in [0.29, 0.717) is 0 Å². The third-order valence-corrected chi connectivity index (χ3v) is 2.32. The smallest absolute Gasteiger partial charge is 0.180 e. The molecule has 2 heterocycles. The van der Waals surface area contributed by atoms with Gasteiger partial charge in [-0.15, -0.1) is 0 Å². The second-order valence-electron chi connectivity index (χ2n) is 3.46. The van der Waals surface area contributed by atoms with Crippen LogP contribution in [0.2, 0.25) is 0 Å². The minimum Gasteiger partial charge on any atom is -0.352 e. The van der Waals surface area contributed by atoms with Crippen molar-refractivity contribution >= 4 is 0 Å². The molecular weight excluding hydrogens is 240 g/mol. The lowest BCUT2D eigenvalue weighted by atomic mass is 10.5. The van der Waals surface area contributed by atoms with Crippen LogP contribution in [0, 0.1) is 0 Å². The number of ether oxygens (including phenoxy) is 6. The van der Waals surface area contributed by atoms with Crippen LogP contribution >= 0.6 is 0 Å². The van der Waals surface area contributed by atoms with Gasteiger partial charge in [-0.25, -0.2) is 0 Å². The van der Waals surface area contributed by atoms with Crippen LogP contribution in [0.15, 0.2) is 24.3 Å². The van der Waals surface area contributed by atoms with Gasteiger partial charge in [-0.1, -0.05) is 0 Å². The first-order valence-electron chi connectivity index (χ1n) is 5.52. The zero-order valence-electron chi connectivity index (χ0n) is 11.1. The fourth-order valence-corrected chi connectivity index (χ4v) is 1.35.